The van der Waals surface area contributed by atoms with Crippen LogP contribution in [0.1, 0.15) is 78.7 Å². The van der Waals surface area contributed by atoms with Crippen molar-refractivity contribution in [3.05, 3.63) is 27.3 Å². The molecule has 2 aromatic rings. The van der Waals surface area contributed by atoms with Crippen molar-refractivity contribution in [3.63, 3.8) is 0 Å². The highest BCUT2D eigenvalue weighted by Gasteiger charge is 2.21. The number of hydrogen-bond acceptors (Lipinski definition) is 7. The summed E-state index contributed by atoms with van der Waals surface area (Å²) in [6.45, 7) is 9.45. The molecule has 0 aliphatic carbocycles. The summed E-state index contributed by atoms with van der Waals surface area (Å²) < 4.78 is 5.20. The van der Waals surface area contributed by atoms with Gasteiger partial charge in [-0.05, 0) is 20.3 Å². The molecule has 26 heavy (non-hydrogen) atoms. The van der Waals surface area contributed by atoms with E-state index < -0.39 is 5.97 Å². The predicted octanol–water partition coefficient (Wildman–Crippen LogP) is 3.03. The van der Waals surface area contributed by atoms with Crippen molar-refractivity contribution in [1.82, 2.24) is 20.4 Å². The topological polar surface area (TPSA) is 118 Å². The van der Waals surface area contributed by atoms with E-state index in [1.165, 1.54) is 0 Å². The molecule has 0 bridgehead atoms. The van der Waals surface area contributed by atoms with Crippen LogP contribution in [0.15, 0.2) is 4.52 Å². The van der Waals surface area contributed by atoms with Gasteiger partial charge in [-0.3, -0.25) is 4.79 Å². The van der Waals surface area contributed by atoms with Crippen LogP contribution in [-0.4, -0.2) is 32.1 Å². The maximum absolute atomic E-state index is 12.1. The Labute approximate surface area is 156 Å². The maximum Gasteiger partial charge on any atom is 0.347 e. The first-order chi connectivity index (χ1) is 12.1. The zero-order valence-corrected chi connectivity index (χ0v) is 16.4. The molecular formula is C17H24N4O4S. The van der Waals surface area contributed by atoms with E-state index >= 15 is 0 Å². The molecule has 8 nitrogen and oxygen atoms in total. The lowest BCUT2D eigenvalue weighted by Crippen LogP contribution is -2.26. The number of carbonyl (C=O) groups is 2. The minimum atomic E-state index is -1.00. The number of carboxylic acid groups (broad SMARTS) is 1. The number of nitrogens with zero attached hydrogens (tertiary/aromatic N) is 3. The van der Waals surface area contributed by atoms with Crippen LogP contribution in [0.3, 0.4) is 0 Å². The van der Waals surface area contributed by atoms with Crippen molar-refractivity contribution >= 4 is 23.2 Å². The van der Waals surface area contributed by atoms with Gasteiger partial charge in [0, 0.05) is 18.3 Å². The molecule has 0 aromatic carbocycles. The summed E-state index contributed by atoms with van der Waals surface area (Å²) in [4.78, 5) is 31.9. The molecule has 2 aromatic heterocycles. The van der Waals surface area contributed by atoms with Crippen molar-refractivity contribution in [2.45, 2.75) is 65.3 Å². The first-order valence-corrected chi connectivity index (χ1v) is 9.22. The SMILES string of the molecule is Cc1nc(C(C)NC(=O)CCCc2nc(C(C)(C)C)no2)sc1C(=O)O. The molecular weight excluding hydrogens is 356 g/mol. The van der Waals surface area contributed by atoms with Crippen molar-refractivity contribution < 1.29 is 19.2 Å². The maximum atomic E-state index is 12.1. The Morgan fingerprint density at radius 2 is 2.00 bits per heavy atom. The minimum Gasteiger partial charge on any atom is -0.477 e. The van der Waals surface area contributed by atoms with E-state index in [0.29, 0.717) is 41.7 Å². The normalized spacial score (nSPS) is 12.8. The minimum absolute atomic E-state index is 0.127. The molecule has 2 heterocycles. The third-order valence-electron chi connectivity index (χ3n) is 3.69. The third-order valence-corrected chi connectivity index (χ3v) is 5.02. The molecule has 2 N–H and O–H groups in total. The fourth-order valence-electron chi connectivity index (χ4n) is 2.24. The quantitative estimate of drug-likeness (QED) is 0.758. The van der Waals surface area contributed by atoms with E-state index in [0.717, 1.165) is 11.3 Å². The van der Waals surface area contributed by atoms with E-state index in [1.54, 1.807) is 13.8 Å². The number of nitrogens with one attached hydrogen (secondary N) is 1. The van der Waals surface area contributed by atoms with Crippen LogP contribution < -0.4 is 5.32 Å². The average molecular weight is 380 g/mol. The number of aromatic carboxylic acids is 1. The van der Waals surface area contributed by atoms with Crippen LogP contribution in [0.5, 0.6) is 0 Å². The van der Waals surface area contributed by atoms with Gasteiger partial charge >= 0.3 is 5.97 Å². The van der Waals surface area contributed by atoms with Gasteiger partial charge in [0.25, 0.3) is 0 Å². The smallest absolute Gasteiger partial charge is 0.347 e. The van der Waals surface area contributed by atoms with Gasteiger partial charge in [0.15, 0.2) is 5.82 Å². The van der Waals surface area contributed by atoms with Crippen molar-refractivity contribution in [2.75, 3.05) is 0 Å². The second-order valence-corrected chi connectivity index (χ2v) is 8.21. The number of carboxylic acids is 1. The Morgan fingerprint density at radius 1 is 1.31 bits per heavy atom. The average Bonchev–Trinajstić information content (AvgIpc) is 3.13. The Morgan fingerprint density at radius 3 is 2.54 bits per heavy atom. The Kier molecular flexibility index (Phi) is 6.12. The molecule has 0 fully saturated rings. The van der Waals surface area contributed by atoms with Gasteiger partial charge < -0.3 is 14.9 Å². The van der Waals surface area contributed by atoms with Gasteiger partial charge in [-0.2, -0.15) is 4.98 Å². The number of thiazole rings is 1. The lowest BCUT2D eigenvalue weighted by Gasteiger charge is -2.11. The Bertz CT molecular complexity index is 791. The first-order valence-electron chi connectivity index (χ1n) is 8.41. The fourth-order valence-corrected chi connectivity index (χ4v) is 3.15. The standard InChI is InChI=1S/C17H24N4O4S/c1-9-13(15(23)24)26-14(19-9)10(2)18-11(22)7-6-8-12-20-16(21-25-12)17(3,4)5/h10H,6-8H2,1-5H3,(H,18,22)(H,23,24). The van der Waals surface area contributed by atoms with Crippen LogP contribution in [0.4, 0.5) is 0 Å². The third kappa shape index (κ3) is 5.10. The predicted molar refractivity (Wildman–Crippen MR) is 96.3 cm³/mol. The fraction of sp³-hybridized carbons (Fsp3) is 0.588. The van der Waals surface area contributed by atoms with Crippen LogP contribution in [0, 0.1) is 6.92 Å². The summed E-state index contributed by atoms with van der Waals surface area (Å²) >= 11 is 1.08. The largest absolute Gasteiger partial charge is 0.477 e. The van der Waals surface area contributed by atoms with Crippen molar-refractivity contribution in [1.29, 1.82) is 0 Å². The molecule has 1 atom stereocenters. The molecule has 0 saturated carbocycles. The number of amides is 1. The lowest BCUT2D eigenvalue weighted by atomic mass is 9.96. The summed E-state index contributed by atoms with van der Waals surface area (Å²) in [7, 11) is 0. The number of aromatic nitrogens is 3. The van der Waals surface area contributed by atoms with Crippen molar-refractivity contribution in [2.24, 2.45) is 0 Å². The number of rotatable bonds is 7. The number of carbonyl (C=O) groups excluding carboxylic acids is 1. The molecule has 0 spiro atoms. The van der Waals surface area contributed by atoms with Gasteiger partial charge in [0.2, 0.25) is 11.8 Å². The molecule has 1 amide bonds. The van der Waals surface area contributed by atoms with Crippen LogP contribution >= 0.6 is 11.3 Å². The summed E-state index contributed by atoms with van der Waals surface area (Å²) in [5.41, 5.74) is 0.291. The van der Waals surface area contributed by atoms with E-state index in [-0.39, 0.29) is 22.2 Å². The van der Waals surface area contributed by atoms with E-state index in [4.69, 9.17) is 9.63 Å². The van der Waals surface area contributed by atoms with Crippen LogP contribution in [0.25, 0.3) is 0 Å². The highest BCUT2D eigenvalue weighted by molar-refractivity contribution is 7.13. The molecule has 0 aliphatic rings. The summed E-state index contributed by atoms with van der Waals surface area (Å²) in [6.07, 6.45) is 1.43. The van der Waals surface area contributed by atoms with Gasteiger partial charge in [-0.25, -0.2) is 9.78 Å². The summed E-state index contributed by atoms with van der Waals surface area (Å²) in [5.74, 6) is 0.0492. The number of aryl methyl sites for hydroxylation is 2. The molecule has 0 saturated heterocycles. The van der Waals surface area contributed by atoms with Crippen molar-refractivity contribution in [3.8, 4) is 0 Å². The molecule has 1 unspecified atom stereocenters. The summed E-state index contributed by atoms with van der Waals surface area (Å²) in [6, 6.07) is -0.338. The molecule has 0 radical (unpaired) electrons. The van der Waals surface area contributed by atoms with Crippen LogP contribution in [0.2, 0.25) is 0 Å². The molecule has 142 valence electrons. The van der Waals surface area contributed by atoms with Gasteiger partial charge in [0.1, 0.15) is 9.88 Å². The lowest BCUT2D eigenvalue weighted by molar-refractivity contribution is -0.121. The zero-order valence-electron chi connectivity index (χ0n) is 15.6. The van der Waals surface area contributed by atoms with Gasteiger partial charge in [0.05, 0.1) is 11.7 Å². The van der Waals surface area contributed by atoms with Gasteiger partial charge in [-0.15, -0.1) is 11.3 Å². The Balaban J connectivity index is 1.82. The van der Waals surface area contributed by atoms with Crippen LogP contribution in [-0.2, 0) is 16.6 Å². The highest BCUT2D eigenvalue weighted by atomic mass is 32.1. The second kappa shape index (κ2) is 7.94. The van der Waals surface area contributed by atoms with E-state index in [9.17, 15) is 9.59 Å². The van der Waals surface area contributed by atoms with E-state index in [1.807, 2.05) is 20.8 Å². The monoisotopic (exact) mass is 380 g/mol. The van der Waals surface area contributed by atoms with Gasteiger partial charge in [-0.1, -0.05) is 25.9 Å². The molecule has 0 aliphatic heterocycles. The highest BCUT2D eigenvalue weighted by Crippen LogP contribution is 2.23. The molecule has 2 rings (SSSR count). The second-order valence-electron chi connectivity index (χ2n) is 7.18. The number of hydrogen-bond donors (Lipinski definition) is 2. The van der Waals surface area contributed by atoms with E-state index in [2.05, 4.69) is 20.4 Å². The molecule has 9 heteroatoms. The summed E-state index contributed by atoms with van der Waals surface area (Å²) in [5, 5.41) is 16.5. The zero-order chi connectivity index (χ0) is 19.5. The first kappa shape index (κ1) is 20.0. The Hall–Kier alpha value is -2.29.